The first-order valence-corrected chi connectivity index (χ1v) is 9.08. The Labute approximate surface area is 139 Å². The highest BCUT2D eigenvalue weighted by Crippen LogP contribution is 2.13. The highest BCUT2D eigenvalue weighted by atomic mass is 32.2. The number of sulfonamides is 1. The van der Waals surface area contributed by atoms with Crippen molar-refractivity contribution in [3.63, 3.8) is 0 Å². The quantitative estimate of drug-likeness (QED) is 0.762. The van der Waals surface area contributed by atoms with E-state index in [2.05, 4.69) is 9.82 Å². The molecule has 0 unspecified atom stereocenters. The van der Waals surface area contributed by atoms with Gasteiger partial charge < -0.3 is 0 Å². The van der Waals surface area contributed by atoms with E-state index < -0.39 is 10.0 Å². The van der Waals surface area contributed by atoms with Gasteiger partial charge in [-0.05, 0) is 11.6 Å². The lowest BCUT2D eigenvalue weighted by molar-refractivity contribution is 0.577. The van der Waals surface area contributed by atoms with Gasteiger partial charge in [-0.25, -0.2) is 17.8 Å². The number of rotatable bonds is 5. The highest BCUT2D eigenvalue weighted by molar-refractivity contribution is 7.88. The number of aromatic nitrogens is 2. The molecule has 1 heterocycles. The summed E-state index contributed by atoms with van der Waals surface area (Å²) in [6.07, 6.45) is 0. The molecule has 0 aliphatic heterocycles. The molecule has 3 rings (SSSR count). The van der Waals surface area contributed by atoms with Gasteiger partial charge in [0.15, 0.2) is 0 Å². The SMILES string of the molecule is Cn1nc(CNS(=O)(=O)Cc2ccccc2)c2ccccc2c1=O. The molecule has 0 aliphatic carbocycles. The first kappa shape index (κ1) is 16.4. The Balaban J connectivity index is 1.86. The maximum atomic E-state index is 12.3. The van der Waals surface area contributed by atoms with Crippen molar-refractivity contribution in [2.45, 2.75) is 12.3 Å². The Morgan fingerprint density at radius 1 is 1.00 bits per heavy atom. The number of hydrogen-bond acceptors (Lipinski definition) is 4. The summed E-state index contributed by atoms with van der Waals surface area (Å²) in [7, 11) is -1.95. The minimum absolute atomic E-state index is 0.0315. The Morgan fingerprint density at radius 3 is 2.33 bits per heavy atom. The monoisotopic (exact) mass is 343 g/mol. The number of aryl methyl sites for hydroxylation is 1. The van der Waals surface area contributed by atoms with Crippen LogP contribution in [-0.4, -0.2) is 18.2 Å². The average molecular weight is 343 g/mol. The van der Waals surface area contributed by atoms with Gasteiger partial charge in [-0.15, -0.1) is 0 Å². The van der Waals surface area contributed by atoms with Crippen molar-refractivity contribution < 1.29 is 8.42 Å². The van der Waals surface area contributed by atoms with Crippen LogP contribution in [0.25, 0.3) is 10.8 Å². The van der Waals surface area contributed by atoms with Crippen LogP contribution in [-0.2, 0) is 29.4 Å². The first-order valence-electron chi connectivity index (χ1n) is 7.42. The summed E-state index contributed by atoms with van der Waals surface area (Å²) >= 11 is 0. The molecule has 0 saturated carbocycles. The fraction of sp³-hybridized carbons (Fsp3) is 0.176. The van der Waals surface area contributed by atoms with Crippen LogP contribution in [0.3, 0.4) is 0 Å². The van der Waals surface area contributed by atoms with E-state index in [0.717, 1.165) is 0 Å². The Hall–Kier alpha value is -2.51. The molecule has 0 fully saturated rings. The number of nitrogens with zero attached hydrogens (tertiary/aromatic N) is 2. The van der Waals surface area contributed by atoms with Crippen molar-refractivity contribution >= 4 is 20.8 Å². The zero-order valence-electron chi connectivity index (χ0n) is 13.1. The molecule has 24 heavy (non-hydrogen) atoms. The lowest BCUT2D eigenvalue weighted by atomic mass is 10.1. The third-order valence-corrected chi connectivity index (χ3v) is 4.99. The summed E-state index contributed by atoms with van der Waals surface area (Å²) in [6.45, 7) is 0.0315. The molecule has 1 N–H and O–H groups in total. The van der Waals surface area contributed by atoms with Gasteiger partial charge >= 0.3 is 0 Å². The molecule has 0 aliphatic rings. The van der Waals surface area contributed by atoms with E-state index in [1.165, 1.54) is 4.68 Å². The molecule has 124 valence electrons. The summed E-state index contributed by atoms with van der Waals surface area (Å²) in [6, 6.07) is 16.0. The van der Waals surface area contributed by atoms with Crippen molar-refractivity contribution in [2.75, 3.05) is 0 Å². The fourth-order valence-electron chi connectivity index (χ4n) is 2.53. The maximum Gasteiger partial charge on any atom is 0.274 e. The van der Waals surface area contributed by atoms with Crippen molar-refractivity contribution in [1.82, 2.24) is 14.5 Å². The maximum absolute atomic E-state index is 12.3. The van der Waals surface area contributed by atoms with Crippen molar-refractivity contribution in [1.29, 1.82) is 0 Å². The van der Waals surface area contributed by atoms with Crippen LogP contribution >= 0.6 is 0 Å². The Bertz CT molecular complexity index is 1030. The molecule has 6 nitrogen and oxygen atoms in total. The van der Waals surface area contributed by atoms with Gasteiger partial charge in [-0.3, -0.25) is 4.79 Å². The average Bonchev–Trinajstić information content (AvgIpc) is 2.57. The lowest BCUT2D eigenvalue weighted by Crippen LogP contribution is -2.28. The van der Waals surface area contributed by atoms with Gasteiger partial charge in [0, 0.05) is 12.4 Å². The van der Waals surface area contributed by atoms with E-state index in [0.29, 0.717) is 22.0 Å². The minimum atomic E-state index is -3.50. The van der Waals surface area contributed by atoms with E-state index in [9.17, 15) is 13.2 Å². The Kier molecular flexibility index (Phi) is 4.46. The fourth-order valence-corrected chi connectivity index (χ4v) is 3.62. The van der Waals surface area contributed by atoms with E-state index in [-0.39, 0.29) is 17.9 Å². The second-order valence-corrected chi connectivity index (χ2v) is 7.29. The van der Waals surface area contributed by atoms with Gasteiger partial charge in [0.2, 0.25) is 10.0 Å². The third-order valence-electron chi connectivity index (χ3n) is 3.69. The Morgan fingerprint density at radius 2 is 1.62 bits per heavy atom. The first-order chi connectivity index (χ1) is 11.5. The van der Waals surface area contributed by atoms with Crippen LogP contribution < -0.4 is 10.3 Å². The van der Waals surface area contributed by atoms with Gasteiger partial charge in [0.25, 0.3) is 5.56 Å². The molecule has 0 radical (unpaired) electrons. The number of fused-ring (bicyclic) bond motifs is 1. The molecule has 0 bridgehead atoms. The van der Waals surface area contributed by atoms with Crippen LogP contribution in [0.4, 0.5) is 0 Å². The summed E-state index contributed by atoms with van der Waals surface area (Å²) in [5, 5.41) is 5.36. The predicted molar refractivity (Wildman–Crippen MR) is 92.9 cm³/mol. The lowest BCUT2D eigenvalue weighted by Gasteiger charge is -2.10. The molecule has 0 atom stereocenters. The van der Waals surface area contributed by atoms with Crippen LogP contribution in [0, 0.1) is 0 Å². The molecule has 0 spiro atoms. The molecule has 2 aromatic carbocycles. The number of nitrogens with one attached hydrogen (secondary N) is 1. The number of hydrogen-bond donors (Lipinski definition) is 1. The summed E-state index contributed by atoms with van der Waals surface area (Å²) in [5.41, 5.74) is 1.02. The van der Waals surface area contributed by atoms with Crippen LogP contribution in [0.15, 0.2) is 59.4 Å². The molecule has 3 aromatic rings. The molecule has 7 heteroatoms. The zero-order valence-corrected chi connectivity index (χ0v) is 14.0. The largest absolute Gasteiger partial charge is 0.274 e. The van der Waals surface area contributed by atoms with Gasteiger partial charge in [-0.2, -0.15) is 5.10 Å². The summed E-state index contributed by atoms with van der Waals surface area (Å²) in [5.74, 6) is -0.0997. The zero-order chi connectivity index (χ0) is 17.2. The van der Waals surface area contributed by atoms with Crippen molar-refractivity contribution in [3.8, 4) is 0 Å². The van der Waals surface area contributed by atoms with E-state index in [1.807, 2.05) is 6.07 Å². The van der Waals surface area contributed by atoms with Gasteiger partial charge in [0.05, 0.1) is 23.4 Å². The van der Waals surface area contributed by atoms with Gasteiger partial charge in [-0.1, -0.05) is 48.5 Å². The summed E-state index contributed by atoms with van der Waals surface area (Å²) in [4.78, 5) is 12.1. The second kappa shape index (κ2) is 6.54. The minimum Gasteiger partial charge on any atom is -0.267 e. The standard InChI is InChI=1S/C17H17N3O3S/c1-20-17(21)15-10-6-5-9-14(15)16(19-20)11-18-24(22,23)12-13-7-3-2-4-8-13/h2-10,18H,11-12H2,1H3. The predicted octanol–water partition coefficient (Wildman–Crippen LogP) is 1.55. The molecule has 0 saturated heterocycles. The third kappa shape index (κ3) is 3.52. The molecule has 1 aromatic heterocycles. The highest BCUT2D eigenvalue weighted by Gasteiger charge is 2.14. The molecule has 0 amide bonds. The smallest absolute Gasteiger partial charge is 0.267 e. The molecular weight excluding hydrogens is 326 g/mol. The van der Waals surface area contributed by atoms with E-state index in [1.54, 1.807) is 55.6 Å². The van der Waals surface area contributed by atoms with Gasteiger partial charge in [0.1, 0.15) is 0 Å². The van der Waals surface area contributed by atoms with Crippen molar-refractivity contribution in [2.24, 2.45) is 7.05 Å². The van der Waals surface area contributed by atoms with Crippen LogP contribution in [0.2, 0.25) is 0 Å². The van der Waals surface area contributed by atoms with Crippen molar-refractivity contribution in [3.05, 3.63) is 76.2 Å². The van der Waals surface area contributed by atoms with Crippen LogP contribution in [0.5, 0.6) is 0 Å². The van der Waals surface area contributed by atoms with E-state index in [4.69, 9.17) is 0 Å². The number of benzene rings is 2. The normalized spacial score (nSPS) is 11.7. The molecular formula is C17H17N3O3S. The second-order valence-electron chi connectivity index (χ2n) is 5.49. The van der Waals surface area contributed by atoms with E-state index >= 15 is 0 Å². The summed E-state index contributed by atoms with van der Waals surface area (Å²) < 4.78 is 28.3. The van der Waals surface area contributed by atoms with Crippen LogP contribution in [0.1, 0.15) is 11.3 Å². The topological polar surface area (TPSA) is 81.1 Å².